The average molecular weight is 420 g/mol. The zero-order valence-corrected chi connectivity index (χ0v) is 16.4. The van der Waals surface area contributed by atoms with E-state index in [0.29, 0.717) is 23.5 Å². The number of non-ortho nitro benzene ring substituents is 1. The summed E-state index contributed by atoms with van der Waals surface area (Å²) in [6.07, 6.45) is 2.95. The number of nitrogens with zero attached hydrogens (tertiary/aromatic N) is 2. The number of benzene rings is 1. The molecule has 10 heteroatoms. The molecular weight excluding hydrogens is 400 g/mol. The lowest BCUT2D eigenvalue weighted by atomic mass is 10.1. The molecule has 0 N–H and O–H groups in total. The van der Waals surface area contributed by atoms with Gasteiger partial charge < -0.3 is 14.2 Å². The number of nitro groups is 1. The highest BCUT2D eigenvalue weighted by Crippen LogP contribution is 2.46. The Morgan fingerprint density at radius 2 is 2.07 bits per heavy atom. The zero-order valence-electron chi connectivity index (χ0n) is 15.6. The van der Waals surface area contributed by atoms with E-state index in [9.17, 15) is 19.7 Å². The Hall–Kier alpha value is -2.43. The number of carbonyl (C=O) groups is 2. The molecule has 3 aliphatic heterocycles. The van der Waals surface area contributed by atoms with Gasteiger partial charge in [-0.1, -0.05) is 11.8 Å². The summed E-state index contributed by atoms with van der Waals surface area (Å²) in [4.78, 5) is 37.1. The Morgan fingerprint density at radius 1 is 1.28 bits per heavy atom. The van der Waals surface area contributed by atoms with Crippen LogP contribution >= 0.6 is 11.8 Å². The number of nitro benzene ring substituents is 1. The van der Waals surface area contributed by atoms with Crippen molar-refractivity contribution in [1.29, 1.82) is 0 Å². The molecule has 0 saturated carbocycles. The molecule has 0 radical (unpaired) electrons. The van der Waals surface area contributed by atoms with Crippen molar-refractivity contribution < 1.29 is 28.7 Å². The minimum absolute atomic E-state index is 0.0339. The molecule has 2 atom stereocenters. The normalized spacial score (nSPS) is 23.6. The molecule has 1 aromatic rings. The van der Waals surface area contributed by atoms with E-state index in [2.05, 4.69) is 0 Å². The van der Waals surface area contributed by atoms with E-state index in [4.69, 9.17) is 14.2 Å². The first-order valence-corrected chi connectivity index (χ1v) is 10.3. The molecule has 9 nitrogen and oxygen atoms in total. The van der Waals surface area contributed by atoms with Crippen LogP contribution in [0, 0.1) is 10.1 Å². The number of amides is 1. The van der Waals surface area contributed by atoms with Crippen molar-refractivity contribution in [2.45, 2.75) is 44.0 Å². The summed E-state index contributed by atoms with van der Waals surface area (Å²) in [5.41, 5.74) is 0.817. The standard InChI is InChI=1S/C19H20N2O7S/c22-15-9-16-20(15)18(14(29-16)11-27-17-3-1-2-8-26-17)19(23)28-10-12-4-6-13(7-5-12)21(24)25/h4-7,16-17H,1-3,8-11H2/t16-,17?/m0/s1. The van der Waals surface area contributed by atoms with Crippen LogP contribution in [0.25, 0.3) is 0 Å². The highest BCUT2D eigenvalue weighted by Gasteiger charge is 2.49. The molecule has 29 heavy (non-hydrogen) atoms. The fourth-order valence-electron chi connectivity index (χ4n) is 3.36. The van der Waals surface area contributed by atoms with E-state index >= 15 is 0 Å². The highest BCUT2D eigenvalue weighted by atomic mass is 32.2. The van der Waals surface area contributed by atoms with Gasteiger partial charge >= 0.3 is 5.97 Å². The summed E-state index contributed by atoms with van der Waals surface area (Å²) >= 11 is 1.44. The van der Waals surface area contributed by atoms with E-state index in [1.807, 2.05) is 0 Å². The van der Waals surface area contributed by atoms with E-state index in [0.717, 1.165) is 19.3 Å². The molecule has 3 heterocycles. The molecule has 2 saturated heterocycles. The molecule has 3 aliphatic rings. The Kier molecular flexibility index (Phi) is 5.84. The lowest BCUT2D eigenvalue weighted by Crippen LogP contribution is -2.48. The maximum Gasteiger partial charge on any atom is 0.356 e. The third-order valence-corrected chi connectivity index (χ3v) is 6.18. The quantitative estimate of drug-likeness (QED) is 0.287. The lowest BCUT2D eigenvalue weighted by molar-refractivity contribution is -0.384. The van der Waals surface area contributed by atoms with Crippen molar-refractivity contribution in [1.82, 2.24) is 4.90 Å². The maximum atomic E-state index is 12.7. The van der Waals surface area contributed by atoms with Gasteiger partial charge in [0, 0.05) is 23.6 Å². The first kappa shape index (κ1) is 19.9. The van der Waals surface area contributed by atoms with E-state index in [-0.39, 0.29) is 42.2 Å². The Morgan fingerprint density at radius 3 is 2.72 bits per heavy atom. The van der Waals surface area contributed by atoms with Crippen LogP contribution < -0.4 is 0 Å². The predicted octanol–water partition coefficient (Wildman–Crippen LogP) is 2.70. The largest absolute Gasteiger partial charge is 0.456 e. The highest BCUT2D eigenvalue weighted by molar-refractivity contribution is 8.04. The first-order valence-electron chi connectivity index (χ1n) is 9.38. The number of hydrogen-bond donors (Lipinski definition) is 0. The summed E-state index contributed by atoms with van der Waals surface area (Å²) in [6.45, 7) is 0.809. The summed E-state index contributed by atoms with van der Waals surface area (Å²) in [7, 11) is 0. The van der Waals surface area contributed by atoms with E-state index in [1.54, 1.807) is 0 Å². The lowest BCUT2D eigenvalue weighted by Gasteiger charge is -2.34. The second kappa shape index (κ2) is 8.52. The molecule has 154 valence electrons. The molecule has 1 amide bonds. The van der Waals surface area contributed by atoms with Gasteiger partial charge in [-0.2, -0.15) is 0 Å². The number of esters is 1. The minimum atomic E-state index is -0.602. The number of carbonyl (C=O) groups excluding carboxylic acids is 2. The molecule has 1 unspecified atom stereocenters. The molecule has 4 rings (SSSR count). The van der Waals surface area contributed by atoms with Gasteiger partial charge in [0.25, 0.3) is 5.69 Å². The Bertz CT molecular complexity index is 849. The monoisotopic (exact) mass is 420 g/mol. The topological polar surface area (TPSA) is 108 Å². The van der Waals surface area contributed by atoms with Gasteiger partial charge in [-0.15, -0.1) is 0 Å². The number of thioether (sulfide) groups is 1. The summed E-state index contributed by atoms with van der Waals surface area (Å²) < 4.78 is 16.7. The van der Waals surface area contributed by atoms with Gasteiger partial charge in [-0.05, 0) is 37.0 Å². The fraction of sp³-hybridized carbons (Fsp3) is 0.474. The minimum Gasteiger partial charge on any atom is -0.456 e. The summed E-state index contributed by atoms with van der Waals surface area (Å²) in [6, 6.07) is 5.77. The third-order valence-electron chi connectivity index (χ3n) is 4.94. The van der Waals surface area contributed by atoms with Crippen LogP contribution in [-0.2, 0) is 30.4 Å². The van der Waals surface area contributed by atoms with Crippen molar-refractivity contribution in [2.75, 3.05) is 13.2 Å². The number of hydrogen-bond acceptors (Lipinski definition) is 8. The molecule has 0 bridgehead atoms. The third kappa shape index (κ3) is 4.29. The van der Waals surface area contributed by atoms with Crippen LogP contribution in [-0.4, -0.2) is 46.6 Å². The number of ether oxygens (including phenoxy) is 3. The van der Waals surface area contributed by atoms with E-state index < -0.39 is 10.9 Å². The smallest absolute Gasteiger partial charge is 0.356 e. The van der Waals surface area contributed by atoms with Crippen LogP contribution in [0.5, 0.6) is 0 Å². The Balaban J connectivity index is 1.41. The SMILES string of the molecule is O=C(OCc1ccc([N+](=O)[O-])cc1)C1=C(COC2CCCCO2)S[C@H]2CC(=O)N12. The van der Waals surface area contributed by atoms with Crippen molar-refractivity contribution in [2.24, 2.45) is 0 Å². The Labute approximate surface area is 171 Å². The van der Waals surface area contributed by atoms with Crippen molar-refractivity contribution in [3.8, 4) is 0 Å². The summed E-state index contributed by atoms with van der Waals surface area (Å²) in [5, 5.41) is 10.6. The predicted molar refractivity (Wildman–Crippen MR) is 102 cm³/mol. The van der Waals surface area contributed by atoms with Gasteiger partial charge in [0.1, 0.15) is 12.3 Å². The molecule has 0 aliphatic carbocycles. The van der Waals surface area contributed by atoms with Gasteiger partial charge in [0.15, 0.2) is 6.29 Å². The second-order valence-electron chi connectivity index (χ2n) is 6.92. The van der Waals surface area contributed by atoms with Crippen molar-refractivity contribution in [3.63, 3.8) is 0 Å². The second-order valence-corrected chi connectivity index (χ2v) is 8.19. The first-order chi connectivity index (χ1) is 14.0. The number of β-lactam (4-membered cyclic amide) rings is 1. The van der Waals surface area contributed by atoms with Gasteiger partial charge in [-0.3, -0.25) is 19.8 Å². The molecule has 2 fully saturated rings. The molecule has 0 aromatic heterocycles. The fourth-order valence-corrected chi connectivity index (χ4v) is 4.67. The van der Waals surface area contributed by atoms with Crippen LogP contribution in [0.15, 0.2) is 34.9 Å². The van der Waals surface area contributed by atoms with Gasteiger partial charge in [-0.25, -0.2) is 4.79 Å². The molecular formula is C19H20N2O7S. The average Bonchev–Trinajstić information content (AvgIpc) is 3.03. The van der Waals surface area contributed by atoms with Crippen molar-refractivity contribution >= 4 is 29.3 Å². The van der Waals surface area contributed by atoms with Gasteiger partial charge in [0.2, 0.25) is 5.91 Å². The maximum absolute atomic E-state index is 12.7. The van der Waals surface area contributed by atoms with Gasteiger partial charge in [0.05, 0.1) is 23.3 Å². The van der Waals surface area contributed by atoms with E-state index in [1.165, 1.54) is 40.9 Å². The van der Waals surface area contributed by atoms with Crippen LogP contribution in [0.4, 0.5) is 5.69 Å². The zero-order chi connectivity index (χ0) is 20.4. The molecule has 1 aromatic carbocycles. The molecule has 0 spiro atoms. The summed E-state index contributed by atoms with van der Waals surface area (Å²) in [5.74, 6) is -0.719. The van der Waals surface area contributed by atoms with Crippen molar-refractivity contribution in [3.05, 3.63) is 50.5 Å². The van der Waals surface area contributed by atoms with Crippen LogP contribution in [0.2, 0.25) is 0 Å². The number of fused-ring (bicyclic) bond motifs is 1. The number of rotatable bonds is 7. The van der Waals surface area contributed by atoms with Crippen LogP contribution in [0.1, 0.15) is 31.2 Å². The van der Waals surface area contributed by atoms with Crippen LogP contribution in [0.3, 0.4) is 0 Å².